The molecular formula is C23H16F2N8O3. The maximum Gasteiger partial charge on any atom is 0.266 e. The SMILES string of the molecule is Cn1nnnc1/C(=N\OCc1nnc(-c2ccc(Oc3cc(F)cc(F)c3)cn2)o1)c1ccccc1. The minimum atomic E-state index is -0.747. The van der Waals surface area contributed by atoms with Crippen molar-refractivity contribution in [2.75, 3.05) is 0 Å². The van der Waals surface area contributed by atoms with Crippen LogP contribution in [0.3, 0.4) is 0 Å². The van der Waals surface area contributed by atoms with Gasteiger partial charge in [0, 0.05) is 30.8 Å². The van der Waals surface area contributed by atoms with Crippen molar-refractivity contribution < 1.29 is 22.8 Å². The highest BCUT2D eigenvalue weighted by atomic mass is 19.1. The smallest absolute Gasteiger partial charge is 0.266 e. The van der Waals surface area contributed by atoms with Gasteiger partial charge in [-0.1, -0.05) is 35.5 Å². The van der Waals surface area contributed by atoms with Gasteiger partial charge in [-0.25, -0.2) is 18.4 Å². The topological polar surface area (TPSA) is 126 Å². The molecule has 0 aliphatic heterocycles. The van der Waals surface area contributed by atoms with Crippen LogP contribution in [-0.2, 0) is 18.5 Å². The summed E-state index contributed by atoms with van der Waals surface area (Å²) in [5.41, 5.74) is 1.55. The highest BCUT2D eigenvalue weighted by molar-refractivity contribution is 6.10. The normalized spacial score (nSPS) is 11.5. The maximum atomic E-state index is 13.3. The van der Waals surface area contributed by atoms with Gasteiger partial charge in [-0.05, 0) is 22.6 Å². The van der Waals surface area contributed by atoms with Crippen LogP contribution < -0.4 is 4.74 Å². The third-order valence-electron chi connectivity index (χ3n) is 4.72. The molecule has 0 aliphatic rings. The number of tetrazole rings is 1. The predicted octanol–water partition coefficient (Wildman–Crippen LogP) is 3.69. The molecule has 5 rings (SSSR count). The van der Waals surface area contributed by atoms with E-state index < -0.39 is 11.6 Å². The lowest BCUT2D eigenvalue weighted by atomic mass is 10.1. The minimum absolute atomic E-state index is 0.00630. The first kappa shape index (κ1) is 22.7. The third-order valence-corrected chi connectivity index (χ3v) is 4.72. The molecule has 3 heterocycles. The molecule has 0 spiro atoms. The molecule has 0 N–H and O–H groups in total. The molecule has 0 fully saturated rings. The van der Waals surface area contributed by atoms with Crippen LogP contribution in [0.2, 0.25) is 0 Å². The molecule has 0 saturated heterocycles. The molecular weight excluding hydrogens is 474 g/mol. The number of oxime groups is 1. The van der Waals surface area contributed by atoms with E-state index >= 15 is 0 Å². The van der Waals surface area contributed by atoms with Gasteiger partial charge in [0.15, 0.2) is 12.3 Å². The summed E-state index contributed by atoms with van der Waals surface area (Å²) in [6.45, 7) is -0.110. The zero-order valence-corrected chi connectivity index (χ0v) is 18.6. The Hall–Kier alpha value is -5.07. The van der Waals surface area contributed by atoms with Crippen LogP contribution in [0.4, 0.5) is 8.78 Å². The number of rotatable bonds is 8. The van der Waals surface area contributed by atoms with Gasteiger partial charge >= 0.3 is 0 Å². The summed E-state index contributed by atoms with van der Waals surface area (Å²) < 4.78 is 39.2. The van der Waals surface area contributed by atoms with Gasteiger partial charge in [0.05, 0.1) is 6.20 Å². The number of pyridine rings is 1. The minimum Gasteiger partial charge on any atom is -0.456 e. The maximum absolute atomic E-state index is 13.3. The Morgan fingerprint density at radius 1 is 0.972 bits per heavy atom. The van der Waals surface area contributed by atoms with Crippen molar-refractivity contribution in [1.29, 1.82) is 0 Å². The quantitative estimate of drug-likeness (QED) is 0.236. The Kier molecular flexibility index (Phi) is 6.34. The Morgan fingerprint density at radius 3 is 2.47 bits per heavy atom. The summed E-state index contributed by atoms with van der Waals surface area (Å²) in [6, 6.07) is 15.3. The molecule has 2 aromatic carbocycles. The fraction of sp³-hybridized carbons (Fsp3) is 0.0870. The van der Waals surface area contributed by atoms with Gasteiger partial charge in [-0.15, -0.1) is 15.3 Å². The second kappa shape index (κ2) is 10.0. The van der Waals surface area contributed by atoms with Crippen LogP contribution in [0.5, 0.6) is 11.5 Å². The fourth-order valence-electron chi connectivity index (χ4n) is 3.11. The molecule has 0 aliphatic carbocycles. The largest absolute Gasteiger partial charge is 0.456 e. The van der Waals surface area contributed by atoms with E-state index in [0.717, 1.165) is 23.8 Å². The number of benzene rings is 2. The Morgan fingerprint density at radius 2 is 1.78 bits per heavy atom. The van der Waals surface area contributed by atoms with Crippen molar-refractivity contribution in [3.63, 3.8) is 0 Å². The first-order valence-corrected chi connectivity index (χ1v) is 10.5. The van der Waals surface area contributed by atoms with Crippen molar-refractivity contribution in [1.82, 2.24) is 35.4 Å². The molecule has 13 heteroatoms. The van der Waals surface area contributed by atoms with E-state index in [4.69, 9.17) is 14.0 Å². The standard InChI is InChI=1S/C23H16F2N8O3/c1-33-22(28-31-32-33)21(14-5-3-2-4-6-14)30-34-13-20-27-29-23(36-20)19-8-7-17(12-26-19)35-18-10-15(24)9-16(25)11-18/h2-12H,13H2,1H3/b30-21-. The van der Waals surface area contributed by atoms with Crippen molar-refractivity contribution in [3.05, 3.63) is 95.8 Å². The summed E-state index contributed by atoms with van der Waals surface area (Å²) in [5, 5.41) is 23.5. The lowest BCUT2D eigenvalue weighted by Gasteiger charge is -2.05. The second-order valence-electron chi connectivity index (χ2n) is 7.29. The fourth-order valence-corrected chi connectivity index (χ4v) is 3.11. The predicted molar refractivity (Wildman–Crippen MR) is 120 cm³/mol. The number of halogens is 2. The molecule has 0 atom stereocenters. The Bertz CT molecular complexity index is 1480. The Labute approximate surface area is 202 Å². The second-order valence-corrected chi connectivity index (χ2v) is 7.29. The number of hydrogen-bond acceptors (Lipinski definition) is 10. The van der Waals surface area contributed by atoms with Crippen LogP contribution in [0.25, 0.3) is 11.6 Å². The van der Waals surface area contributed by atoms with E-state index in [-0.39, 0.29) is 29.9 Å². The first-order chi connectivity index (χ1) is 17.5. The average molecular weight is 490 g/mol. The molecule has 36 heavy (non-hydrogen) atoms. The van der Waals surface area contributed by atoms with Gasteiger partial charge in [0.25, 0.3) is 11.8 Å². The van der Waals surface area contributed by atoms with Crippen molar-refractivity contribution in [3.8, 4) is 23.1 Å². The van der Waals surface area contributed by atoms with E-state index in [0.29, 0.717) is 17.2 Å². The molecule has 180 valence electrons. The summed E-state index contributed by atoms with van der Waals surface area (Å²) in [6.07, 6.45) is 1.36. The number of aromatic nitrogens is 7. The van der Waals surface area contributed by atoms with Crippen LogP contribution in [0.1, 0.15) is 17.3 Å². The van der Waals surface area contributed by atoms with Gasteiger partial charge in [-0.3, -0.25) is 0 Å². The van der Waals surface area contributed by atoms with Gasteiger partial charge in [0.1, 0.15) is 28.8 Å². The third kappa shape index (κ3) is 5.19. The first-order valence-electron chi connectivity index (χ1n) is 10.5. The van der Waals surface area contributed by atoms with Crippen LogP contribution >= 0.6 is 0 Å². The van der Waals surface area contributed by atoms with Gasteiger partial charge < -0.3 is 14.0 Å². The molecule has 0 radical (unpaired) electrons. The number of hydrogen-bond donors (Lipinski definition) is 0. The van der Waals surface area contributed by atoms with Gasteiger partial charge in [0.2, 0.25) is 5.82 Å². The van der Waals surface area contributed by atoms with E-state index in [9.17, 15) is 8.78 Å². The number of aryl methyl sites for hydroxylation is 1. The lowest BCUT2D eigenvalue weighted by molar-refractivity contribution is 0.111. The van der Waals surface area contributed by atoms with Crippen molar-refractivity contribution >= 4 is 5.71 Å². The molecule has 11 nitrogen and oxygen atoms in total. The molecule has 0 bridgehead atoms. The summed E-state index contributed by atoms with van der Waals surface area (Å²) >= 11 is 0. The van der Waals surface area contributed by atoms with E-state index in [1.807, 2.05) is 30.3 Å². The van der Waals surface area contributed by atoms with Crippen LogP contribution in [-0.4, -0.2) is 41.1 Å². The van der Waals surface area contributed by atoms with E-state index in [1.165, 1.54) is 10.9 Å². The molecule has 0 unspecified atom stereocenters. The van der Waals surface area contributed by atoms with Crippen molar-refractivity contribution in [2.24, 2.45) is 12.2 Å². The number of nitrogens with zero attached hydrogens (tertiary/aromatic N) is 8. The zero-order chi connectivity index (χ0) is 24.9. The highest BCUT2D eigenvalue weighted by Crippen LogP contribution is 2.25. The highest BCUT2D eigenvalue weighted by Gasteiger charge is 2.16. The summed E-state index contributed by atoms with van der Waals surface area (Å²) in [5.74, 6) is -0.497. The molecule has 5 aromatic rings. The van der Waals surface area contributed by atoms with Crippen LogP contribution in [0.15, 0.2) is 76.4 Å². The monoisotopic (exact) mass is 490 g/mol. The van der Waals surface area contributed by atoms with Crippen molar-refractivity contribution in [2.45, 2.75) is 6.61 Å². The Balaban J connectivity index is 1.26. The molecule has 0 saturated carbocycles. The van der Waals surface area contributed by atoms with Crippen LogP contribution in [0, 0.1) is 11.6 Å². The molecule has 0 amide bonds. The number of ether oxygens (including phenoxy) is 1. The molecule has 3 aromatic heterocycles. The lowest BCUT2D eigenvalue weighted by Crippen LogP contribution is -2.12. The zero-order valence-electron chi connectivity index (χ0n) is 18.6. The summed E-state index contributed by atoms with van der Waals surface area (Å²) in [7, 11) is 1.69. The van der Waals surface area contributed by atoms with E-state index in [2.05, 4.69) is 35.9 Å². The summed E-state index contributed by atoms with van der Waals surface area (Å²) in [4.78, 5) is 9.64. The van der Waals surface area contributed by atoms with E-state index in [1.54, 1.807) is 19.2 Å². The van der Waals surface area contributed by atoms with Gasteiger partial charge in [-0.2, -0.15) is 0 Å². The average Bonchev–Trinajstić information content (AvgIpc) is 3.51.